The summed E-state index contributed by atoms with van der Waals surface area (Å²) in [6.45, 7) is 3.65. The van der Waals surface area contributed by atoms with E-state index in [0.717, 1.165) is 18.8 Å². The van der Waals surface area contributed by atoms with E-state index in [-0.39, 0.29) is 17.9 Å². The quantitative estimate of drug-likeness (QED) is 0.626. The van der Waals surface area contributed by atoms with Crippen LogP contribution in [-0.2, 0) is 4.79 Å². The molecular formula is C22H22N4O2S2. The van der Waals surface area contributed by atoms with Crippen molar-refractivity contribution in [3.8, 4) is 10.4 Å². The van der Waals surface area contributed by atoms with Crippen LogP contribution < -0.4 is 4.90 Å². The van der Waals surface area contributed by atoms with Gasteiger partial charge in [-0.3, -0.25) is 14.5 Å². The zero-order valence-electron chi connectivity index (χ0n) is 16.4. The van der Waals surface area contributed by atoms with Gasteiger partial charge >= 0.3 is 0 Å². The van der Waals surface area contributed by atoms with Gasteiger partial charge in [-0.15, -0.1) is 22.7 Å². The molecule has 8 heteroatoms. The van der Waals surface area contributed by atoms with Crippen molar-refractivity contribution in [3.05, 3.63) is 58.4 Å². The molecule has 30 heavy (non-hydrogen) atoms. The van der Waals surface area contributed by atoms with E-state index in [9.17, 15) is 9.59 Å². The first-order valence-corrected chi connectivity index (χ1v) is 11.8. The van der Waals surface area contributed by atoms with E-state index in [1.807, 2.05) is 33.4 Å². The summed E-state index contributed by atoms with van der Waals surface area (Å²) in [5, 5.41) is 4.45. The number of rotatable bonds is 4. The fourth-order valence-electron chi connectivity index (χ4n) is 4.19. The van der Waals surface area contributed by atoms with Gasteiger partial charge in [0.25, 0.3) is 5.91 Å². The minimum absolute atomic E-state index is 0.0135. The molecule has 154 valence electrons. The third-order valence-corrected chi connectivity index (χ3v) is 7.50. The summed E-state index contributed by atoms with van der Waals surface area (Å²) in [5.74, 6) is 0.185. The van der Waals surface area contributed by atoms with Crippen LogP contribution in [0.2, 0.25) is 0 Å². The molecule has 1 aromatic carbocycles. The first kappa shape index (κ1) is 19.4. The third kappa shape index (κ3) is 3.78. The van der Waals surface area contributed by atoms with Gasteiger partial charge < -0.3 is 9.80 Å². The number of carbonyl (C=O) groups excluding carboxylic acids is 2. The van der Waals surface area contributed by atoms with E-state index in [0.29, 0.717) is 31.1 Å². The van der Waals surface area contributed by atoms with Crippen molar-refractivity contribution in [1.29, 1.82) is 0 Å². The molecule has 2 aliphatic heterocycles. The Bertz CT molecular complexity index is 1010. The van der Waals surface area contributed by atoms with Crippen LogP contribution in [-0.4, -0.2) is 65.4 Å². The zero-order chi connectivity index (χ0) is 20.5. The fraction of sp³-hybridized carbons (Fsp3) is 0.318. The van der Waals surface area contributed by atoms with Gasteiger partial charge in [0.1, 0.15) is 0 Å². The Labute approximate surface area is 183 Å². The second-order valence-corrected chi connectivity index (χ2v) is 9.39. The van der Waals surface area contributed by atoms with Crippen molar-refractivity contribution in [1.82, 2.24) is 14.8 Å². The number of benzene rings is 1. The maximum Gasteiger partial charge on any atom is 0.282 e. The van der Waals surface area contributed by atoms with Gasteiger partial charge in [-0.1, -0.05) is 18.2 Å². The van der Waals surface area contributed by atoms with Crippen LogP contribution in [0.4, 0.5) is 5.69 Å². The van der Waals surface area contributed by atoms with Crippen LogP contribution in [0.25, 0.3) is 10.4 Å². The monoisotopic (exact) mass is 438 g/mol. The number of hydrogen-bond donors (Lipinski definition) is 0. The summed E-state index contributed by atoms with van der Waals surface area (Å²) in [6.07, 6.45) is 2.20. The maximum atomic E-state index is 12.7. The van der Waals surface area contributed by atoms with E-state index < -0.39 is 0 Å². The maximum absolute atomic E-state index is 12.7. The lowest BCUT2D eigenvalue weighted by atomic mass is 10.1. The first-order valence-electron chi connectivity index (χ1n) is 10.1. The highest BCUT2D eigenvalue weighted by Crippen LogP contribution is 2.29. The van der Waals surface area contributed by atoms with Crippen LogP contribution in [0.5, 0.6) is 0 Å². The van der Waals surface area contributed by atoms with Crippen LogP contribution >= 0.6 is 22.7 Å². The summed E-state index contributed by atoms with van der Waals surface area (Å²) in [6, 6.07) is 12.6. The number of thiazole rings is 1. The Morgan fingerprint density at radius 1 is 1.00 bits per heavy atom. The van der Waals surface area contributed by atoms with Crippen molar-refractivity contribution < 1.29 is 9.59 Å². The van der Waals surface area contributed by atoms with Gasteiger partial charge in [0.05, 0.1) is 0 Å². The second kappa shape index (κ2) is 8.29. The lowest BCUT2D eigenvalue weighted by molar-refractivity contribution is -0.117. The average Bonchev–Trinajstić information content (AvgIpc) is 3.55. The van der Waals surface area contributed by atoms with E-state index in [1.165, 1.54) is 21.8 Å². The molecule has 3 aromatic rings. The number of amides is 2. The average molecular weight is 439 g/mol. The molecule has 2 aliphatic rings. The number of nitrogens with zero attached hydrogens (tertiary/aromatic N) is 4. The molecule has 1 unspecified atom stereocenters. The van der Waals surface area contributed by atoms with Gasteiger partial charge in [0.15, 0.2) is 5.01 Å². The summed E-state index contributed by atoms with van der Waals surface area (Å²) in [5.41, 5.74) is 2.14. The summed E-state index contributed by atoms with van der Waals surface area (Å²) in [4.78, 5) is 36.7. The molecule has 6 nitrogen and oxygen atoms in total. The normalized spacial score (nSPS) is 20.1. The van der Waals surface area contributed by atoms with Crippen molar-refractivity contribution >= 4 is 40.2 Å². The van der Waals surface area contributed by atoms with Gasteiger partial charge in [-0.25, -0.2) is 4.98 Å². The number of aromatic nitrogens is 1. The van der Waals surface area contributed by atoms with Crippen molar-refractivity contribution in [3.63, 3.8) is 0 Å². The Balaban J connectivity index is 1.20. The smallest absolute Gasteiger partial charge is 0.282 e. The highest BCUT2D eigenvalue weighted by atomic mass is 32.1. The van der Waals surface area contributed by atoms with Crippen LogP contribution in [0.1, 0.15) is 16.2 Å². The number of thiophene rings is 1. The summed E-state index contributed by atoms with van der Waals surface area (Å²) in [7, 11) is 0. The topological polar surface area (TPSA) is 56.8 Å². The molecule has 2 saturated heterocycles. The minimum Gasteiger partial charge on any atom is -0.334 e. The Morgan fingerprint density at radius 2 is 1.80 bits per heavy atom. The van der Waals surface area contributed by atoms with Crippen molar-refractivity contribution in [2.45, 2.75) is 12.5 Å². The van der Waals surface area contributed by atoms with Crippen LogP contribution in [0, 0.1) is 0 Å². The molecule has 4 heterocycles. The Hall–Kier alpha value is -2.55. The zero-order valence-corrected chi connectivity index (χ0v) is 18.1. The number of anilines is 1. The molecule has 0 saturated carbocycles. The molecule has 0 radical (unpaired) electrons. The Morgan fingerprint density at radius 3 is 2.47 bits per heavy atom. The Kier molecular flexibility index (Phi) is 5.37. The van der Waals surface area contributed by atoms with Crippen molar-refractivity contribution in [2.75, 3.05) is 37.6 Å². The second-order valence-electron chi connectivity index (χ2n) is 7.55. The third-order valence-electron chi connectivity index (χ3n) is 5.82. The molecule has 2 amide bonds. The molecule has 0 aliphatic carbocycles. The molecule has 2 fully saturated rings. The number of carbonyl (C=O) groups is 2. The van der Waals surface area contributed by atoms with E-state index in [4.69, 9.17) is 0 Å². The highest BCUT2D eigenvalue weighted by Gasteiger charge is 2.36. The predicted octanol–water partition coefficient (Wildman–Crippen LogP) is 3.43. The minimum atomic E-state index is 0.0135. The first-order chi connectivity index (χ1) is 14.7. The lowest BCUT2D eigenvalue weighted by Crippen LogP contribution is -2.52. The molecule has 0 spiro atoms. The van der Waals surface area contributed by atoms with Gasteiger partial charge in [0.2, 0.25) is 5.91 Å². The SMILES string of the molecule is O=C(c1nccs1)N1CCN(C2CC(=O)N(c3ccc(-c4cccs4)cc3)C2)CC1. The highest BCUT2D eigenvalue weighted by molar-refractivity contribution is 7.13. The molecule has 5 rings (SSSR count). The van der Waals surface area contributed by atoms with E-state index >= 15 is 0 Å². The number of piperazine rings is 1. The predicted molar refractivity (Wildman–Crippen MR) is 120 cm³/mol. The van der Waals surface area contributed by atoms with Gasteiger partial charge in [-0.2, -0.15) is 0 Å². The molecule has 0 N–H and O–H groups in total. The van der Waals surface area contributed by atoms with Gasteiger partial charge in [-0.05, 0) is 29.1 Å². The summed E-state index contributed by atoms with van der Waals surface area (Å²) >= 11 is 3.10. The van der Waals surface area contributed by atoms with Crippen molar-refractivity contribution in [2.24, 2.45) is 0 Å². The lowest BCUT2D eigenvalue weighted by Gasteiger charge is -2.37. The van der Waals surface area contributed by atoms with Crippen LogP contribution in [0.15, 0.2) is 53.4 Å². The van der Waals surface area contributed by atoms with Crippen LogP contribution in [0.3, 0.4) is 0 Å². The fourth-order valence-corrected chi connectivity index (χ4v) is 5.52. The van der Waals surface area contributed by atoms with Gasteiger partial charge in [0, 0.05) is 67.3 Å². The van der Waals surface area contributed by atoms with E-state index in [2.05, 4.69) is 33.5 Å². The molecule has 2 aromatic heterocycles. The van der Waals surface area contributed by atoms with E-state index in [1.54, 1.807) is 17.5 Å². The molecule has 0 bridgehead atoms. The standard InChI is InChI=1S/C22H22N4O2S2/c27-20-14-18(24-8-10-25(11-9-24)22(28)21-23-7-13-30-21)15-26(20)17-5-3-16(4-6-17)19-2-1-12-29-19/h1-7,12-13,18H,8-11,14-15H2. The largest absolute Gasteiger partial charge is 0.334 e. The summed E-state index contributed by atoms with van der Waals surface area (Å²) < 4.78 is 0. The molecule has 1 atom stereocenters. The number of hydrogen-bond acceptors (Lipinski definition) is 6. The molecular weight excluding hydrogens is 416 g/mol.